The van der Waals surface area contributed by atoms with Crippen LogP contribution in [0.1, 0.15) is 11.1 Å². The van der Waals surface area contributed by atoms with Gasteiger partial charge in [-0.2, -0.15) is 0 Å². The predicted octanol–water partition coefficient (Wildman–Crippen LogP) is 0.674. The Labute approximate surface area is 167 Å². The van der Waals surface area contributed by atoms with Crippen molar-refractivity contribution in [1.82, 2.24) is 4.72 Å². The molecule has 1 aliphatic heterocycles. The van der Waals surface area contributed by atoms with Gasteiger partial charge >= 0.3 is 0 Å². The van der Waals surface area contributed by atoms with Gasteiger partial charge in [-0.1, -0.05) is 12.1 Å². The molecule has 0 aliphatic carbocycles. The fourth-order valence-electron chi connectivity index (χ4n) is 2.72. The highest BCUT2D eigenvalue weighted by Gasteiger charge is 2.24. The first-order valence-electron chi connectivity index (χ1n) is 8.37. The molecule has 9 nitrogen and oxygen atoms in total. The minimum Gasteiger partial charge on any atom is -0.545 e. The van der Waals surface area contributed by atoms with E-state index in [0.717, 1.165) is 6.08 Å². The molecule has 1 N–H and O–H groups in total. The minimum absolute atomic E-state index is 0.00344. The first-order chi connectivity index (χ1) is 13.8. The lowest BCUT2D eigenvalue weighted by Gasteiger charge is -2.15. The summed E-state index contributed by atoms with van der Waals surface area (Å²) in [5.74, 6) is -0.149. The van der Waals surface area contributed by atoms with Gasteiger partial charge in [0.25, 0.3) is 0 Å². The highest BCUT2D eigenvalue weighted by Crippen LogP contribution is 2.36. The number of hydrogen-bond acceptors (Lipinski definition) is 8. The number of ether oxygens (including phenoxy) is 4. The van der Waals surface area contributed by atoms with E-state index >= 15 is 0 Å². The maximum absolute atomic E-state index is 12.9. The third-order valence-corrected chi connectivity index (χ3v) is 5.48. The summed E-state index contributed by atoms with van der Waals surface area (Å²) in [6.45, 7) is 0.108. The molecule has 0 bridgehead atoms. The molecule has 3 rings (SSSR count). The Morgan fingerprint density at radius 2 is 1.93 bits per heavy atom. The molecule has 2 aromatic carbocycles. The van der Waals surface area contributed by atoms with Crippen LogP contribution in [0.4, 0.5) is 0 Å². The van der Waals surface area contributed by atoms with Crippen LogP contribution < -0.4 is 28.8 Å². The number of benzene rings is 2. The van der Waals surface area contributed by atoms with Crippen molar-refractivity contribution in [2.75, 3.05) is 21.0 Å². The van der Waals surface area contributed by atoms with Gasteiger partial charge in [0.2, 0.25) is 16.8 Å². The third kappa shape index (κ3) is 4.61. The molecule has 0 fully saturated rings. The van der Waals surface area contributed by atoms with E-state index in [1.807, 2.05) is 0 Å². The van der Waals surface area contributed by atoms with Crippen LogP contribution in [0.15, 0.2) is 41.3 Å². The van der Waals surface area contributed by atoms with Crippen LogP contribution in [0.3, 0.4) is 0 Å². The van der Waals surface area contributed by atoms with E-state index in [2.05, 4.69) is 4.72 Å². The lowest BCUT2D eigenvalue weighted by atomic mass is 10.2. The number of fused-ring (bicyclic) bond motifs is 1. The molecule has 0 radical (unpaired) electrons. The van der Waals surface area contributed by atoms with E-state index in [4.69, 9.17) is 18.9 Å². The highest BCUT2D eigenvalue weighted by molar-refractivity contribution is 7.89. The number of carbonyl (C=O) groups is 1. The largest absolute Gasteiger partial charge is 0.545 e. The second kappa shape index (κ2) is 8.41. The Balaban J connectivity index is 1.91. The smallest absolute Gasteiger partial charge is 0.244 e. The molecule has 1 aliphatic rings. The van der Waals surface area contributed by atoms with E-state index in [0.29, 0.717) is 17.1 Å². The molecular formula is C19H18NO8S-. The van der Waals surface area contributed by atoms with E-state index in [1.165, 1.54) is 32.4 Å². The Morgan fingerprint density at radius 1 is 1.17 bits per heavy atom. The van der Waals surface area contributed by atoms with Crippen LogP contribution >= 0.6 is 0 Å². The van der Waals surface area contributed by atoms with E-state index in [-0.39, 0.29) is 35.3 Å². The van der Waals surface area contributed by atoms with Crippen LogP contribution in [0.25, 0.3) is 6.08 Å². The first kappa shape index (κ1) is 20.5. The van der Waals surface area contributed by atoms with Gasteiger partial charge in [0, 0.05) is 6.54 Å². The van der Waals surface area contributed by atoms with Crippen molar-refractivity contribution in [3.63, 3.8) is 0 Å². The van der Waals surface area contributed by atoms with Crippen molar-refractivity contribution in [2.45, 2.75) is 11.4 Å². The van der Waals surface area contributed by atoms with Gasteiger partial charge in [-0.15, -0.1) is 0 Å². The summed E-state index contributed by atoms with van der Waals surface area (Å²) in [7, 11) is -1.37. The summed E-state index contributed by atoms with van der Waals surface area (Å²) in [5.41, 5.74) is 0.951. The van der Waals surface area contributed by atoms with Crippen LogP contribution in [-0.2, 0) is 21.4 Å². The molecule has 2 aromatic rings. The number of carboxylic acids is 1. The van der Waals surface area contributed by atoms with Crippen LogP contribution in [0, 0.1) is 0 Å². The molecule has 0 atom stereocenters. The molecular weight excluding hydrogens is 402 g/mol. The number of nitrogens with one attached hydrogen (secondary N) is 1. The van der Waals surface area contributed by atoms with E-state index < -0.39 is 16.0 Å². The topological polar surface area (TPSA) is 123 Å². The summed E-state index contributed by atoms with van der Waals surface area (Å²) >= 11 is 0. The van der Waals surface area contributed by atoms with Crippen molar-refractivity contribution in [3.05, 3.63) is 47.5 Å². The van der Waals surface area contributed by atoms with Crippen LogP contribution in [0.2, 0.25) is 0 Å². The van der Waals surface area contributed by atoms with Gasteiger partial charge < -0.3 is 28.8 Å². The van der Waals surface area contributed by atoms with Crippen molar-refractivity contribution >= 4 is 22.1 Å². The van der Waals surface area contributed by atoms with Gasteiger partial charge in [-0.3, -0.25) is 0 Å². The molecule has 0 aromatic heterocycles. The van der Waals surface area contributed by atoms with Gasteiger partial charge in [0.15, 0.2) is 23.0 Å². The van der Waals surface area contributed by atoms with Crippen LogP contribution in [-0.4, -0.2) is 35.4 Å². The normalized spacial score (nSPS) is 12.9. The average molecular weight is 420 g/mol. The maximum atomic E-state index is 12.9. The van der Waals surface area contributed by atoms with E-state index in [1.54, 1.807) is 18.2 Å². The monoisotopic (exact) mass is 420 g/mol. The molecule has 10 heteroatoms. The van der Waals surface area contributed by atoms with Gasteiger partial charge in [0.1, 0.15) is 4.90 Å². The van der Waals surface area contributed by atoms with Crippen LogP contribution in [0.5, 0.6) is 23.0 Å². The zero-order chi connectivity index (χ0) is 21.0. The van der Waals surface area contributed by atoms with Gasteiger partial charge in [-0.05, 0) is 41.5 Å². The Kier molecular flexibility index (Phi) is 5.95. The van der Waals surface area contributed by atoms with E-state index in [9.17, 15) is 18.3 Å². The summed E-state index contributed by atoms with van der Waals surface area (Å²) in [4.78, 5) is 10.5. The molecule has 0 unspecified atom stereocenters. The summed E-state index contributed by atoms with van der Waals surface area (Å²) in [5, 5.41) is 10.7. The summed E-state index contributed by atoms with van der Waals surface area (Å²) in [6.07, 6.45) is 1.99. The maximum Gasteiger partial charge on any atom is 0.244 e. The quantitative estimate of drug-likeness (QED) is 0.619. The van der Waals surface area contributed by atoms with Gasteiger partial charge in [0.05, 0.1) is 20.2 Å². The Hall–Kier alpha value is -3.24. The zero-order valence-electron chi connectivity index (χ0n) is 15.6. The summed E-state index contributed by atoms with van der Waals surface area (Å²) < 4.78 is 49.3. The number of carboxylic acid groups (broad SMARTS) is 1. The second-order valence-corrected chi connectivity index (χ2v) is 7.65. The molecule has 0 saturated heterocycles. The van der Waals surface area contributed by atoms with Crippen molar-refractivity contribution < 1.29 is 37.3 Å². The molecule has 0 spiro atoms. The fourth-order valence-corrected chi connectivity index (χ4v) is 3.95. The third-order valence-electron chi connectivity index (χ3n) is 4.07. The fraction of sp³-hybridized carbons (Fsp3) is 0.211. The molecule has 0 amide bonds. The lowest BCUT2D eigenvalue weighted by molar-refractivity contribution is -0.297. The number of methoxy groups -OCH3 is 2. The SMILES string of the molecule is COc1cc(C=CC(=O)[O-])cc(S(=O)(=O)NCc2ccc3c(c2)OCO3)c1OC. The second-order valence-electron chi connectivity index (χ2n) is 5.92. The lowest BCUT2D eigenvalue weighted by Crippen LogP contribution is -2.24. The first-order valence-corrected chi connectivity index (χ1v) is 9.85. The highest BCUT2D eigenvalue weighted by atomic mass is 32.2. The average Bonchev–Trinajstić information content (AvgIpc) is 3.17. The number of carbonyl (C=O) groups excluding carboxylic acids is 1. The van der Waals surface area contributed by atoms with Gasteiger partial charge in [-0.25, -0.2) is 13.1 Å². The standard InChI is InChI=1S/C19H19NO8S/c1-25-16-7-12(4-6-18(21)22)9-17(19(16)26-2)29(23,24)20-10-13-3-5-14-15(8-13)28-11-27-14/h3-9,20H,10-11H2,1-2H3,(H,21,22)/p-1. The predicted molar refractivity (Wildman–Crippen MR) is 100 cm³/mol. The molecule has 154 valence electrons. The zero-order valence-corrected chi connectivity index (χ0v) is 16.4. The number of aliphatic carboxylic acids is 1. The van der Waals surface area contributed by atoms with Crippen molar-refractivity contribution in [1.29, 1.82) is 0 Å². The molecule has 29 heavy (non-hydrogen) atoms. The summed E-state index contributed by atoms with van der Waals surface area (Å²) in [6, 6.07) is 7.83. The Bertz CT molecular complexity index is 1060. The minimum atomic E-state index is -4.03. The van der Waals surface area contributed by atoms with Crippen molar-refractivity contribution in [2.24, 2.45) is 0 Å². The van der Waals surface area contributed by atoms with Crippen molar-refractivity contribution in [3.8, 4) is 23.0 Å². The number of rotatable bonds is 8. The number of sulfonamides is 1. The Morgan fingerprint density at radius 3 is 2.62 bits per heavy atom. The molecule has 1 heterocycles. The molecule has 0 saturated carbocycles. The number of hydrogen-bond donors (Lipinski definition) is 1.